The summed E-state index contributed by atoms with van der Waals surface area (Å²) in [5, 5.41) is 2.16. The summed E-state index contributed by atoms with van der Waals surface area (Å²) in [6.07, 6.45) is -4.20. The Morgan fingerprint density at radius 1 is 1.24 bits per heavy atom. The molecule has 17 heavy (non-hydrogen) atoms. The van der Waals surface area contributed by atoms with Gasteiger partial charge in [-0.3, -0.25) is 0 Å². The van der Waals surface area contributed by atoms with Crippen molar-refractivity contribution >= 4 is 0 Å². The van der Waals surface area contributed by atoms with Crippen LogP contribution in [0.4, 0.5) is 22.0 Å². The minimum atomic E-state index is -4.66. The minimum absolute atomic E-state index is 0.0696. The third kappa shape index (κ3) is 3.39. The Morgan fingerprint density at radius 3 is 2.41 bits per heavy atom. The topological polar surface area (TPSA) is 12.0 Å². The highest BCUT2D eigenvalue weighted by atomic mass is 19.4. The molecule has 0 saturated heterocycles. The fraction of sp³-hybridized carbons (Fsp3) is 0.455. The van der Waals surface area contributed by atoms with E-state index >= 15 is 0 Å². The molecule has 0 aromatic heterocycles. The summed E-state index contributed by atoms with van der Waals surface area (Å²) in [7, 11) is 0. The molecule has 0 spiro atoms. The van der Waals surface area contributed by atoms with Crippen LogP contribution in [-0.2, 0) is 0 Å². The fourth-order valence-electron chi connectivity index (χ4n) is 1.43. The first kappa shape index (κ1) is 13.9. The fourth-order valence-corrected chi connectivity index (χ4v) is 1.43. The number of halogens is 5. The van der Waals surface area contributed by atoms with E-state index in [9.17, 15) is 22.0 Å². The Kier molecular flexibility index (Phi) is 4.45. The Morgan fingerprint density at radius 2 is 1.88 bits per heavy atom. The van der Waals surface area contributed by atoms with Crippen LogP contribution in [0.5, 0.6) is 0 Å². The Labute approximate surface area is 95.6 Å². The van der Waals surface area contributed by atoms with Crippen LogP contribution in [0, 0.1) is 11.6 Å². The Hall–Kier alpha value is -1.17. The molecule has 1 aromatic rings. The van der Waals surface area contributed by atoms with Gasteiger partial charge < -0.3 is 5.32 Å². The summed E-state index contributed by atoms with van der Waals surface area (Å²) in [6, 6.07) is 0.587. The molecule has 1 N–H and O–H groups in total. The molecule has 96 valence electrons. The summed E-state index contributed by atoms with van der Waals surface area (Å²) < 4.78 is 64.2. The van der Waals surface area contributed by atoms with Gasteiger partial charge in [0.2, 0.25) is 0 Å². The monoisotopic (exact) mass is 253 g/mol. The number of benzene rings is 1. The quantitative estimate of drug-likeness (QED) is 0.809. The van der Waals surface area contributed by atoms with Gasteiger partial charge in [-0.25, -0.2) is 8.78 Å². The van der Waals surface area contributed by atoms with Crippen LogP contribution in [0.25, 0.3) is 0 Å². The molecule has 0 aliphatic heterocycles. The van der Waals surface area contributed by atoms with E-state index in [1.807, 2.05) is 0 Å². The molecule has 1 nitrogen and oxygen atoms in total. The van der Waals surface area contributed by atoms with Gasteiger partial charge in [-0.2, -0.15) is 13.2 Å². The smallest absolute Gasteiger partial charge is 0.302 e. The number of nitrogens with one attached hydrogen (secondary N) is 1. The Balaban J connectivity index is 3.09. The van der Waals surface area contributed by atoms with Crippen molar-refractivity contribution in [2.75, 3.05) is 6.54 Å². The van der Waals surface area contributed by atoms with Crippen molar-refractivity contribution < 1.29 is 22.0 Å². The lowest BCUT2D eigenvalue weighted by Crippen LogP contribution is -2.35. The zero-order valence-corrected chi connectivity index (χ0v) is 9.11. The summed E-state index contributed by atoms with van der Waals surface area (Å²) in [5.74, 6) is -2.74. The third-order valence-corrected chi connectivity index (χ3v) is 2.22. The van der Waals surface area contributed by atoms with Gasteiger partial charge in [-0.15, -0.1) is 0 Å². The lowest BCUT2D eigenvalue weighted by Gasteiger charge is -2.22. The van der Waals surface area contributed by atoms with Gasteiger partial charge in [0.05, 0.1) is 0 Å². The van der Waals surface area contributed by atoms with Crippen LogP contribution >= 0.6 is 0 Å². The van der Waals surface area contributed by atoms with Crippen molar-refractivity contribution in [3.63, 3.8) is 0 Å². The lowest BCUT2D eigenvalue weighted by atomic mass is 10.1. The first-order valence-corrected chi connectivity index (χ1v) is 5.12. The molecule has 1 atom stereocenters. The van der Waals surface area contributed by atoms with Gasteiger partial charge in [0, 0.05) is 5.56 Å². The SMILES string of the molecule is CCCNC(c1cccc(F)c1F)C(F)(F)F. The molecule has 0 saturated carbocycles. The van der Waals surface area contributed by atoms with Gasteiger partial charge in [0.25, 0.3) is 0 Å². The van der Waals surface area contributed by atoms with Crippen molar-refractivity contribution in [1.82, 2.24) is 5.32 Å². The molecule has 0 fully saturated rings. The van der Waals surface area contributed by atoms with E-state index < -0.39 is 29.4 Å². The maximum Gasteiger partial charge on any atom is 0.408 e. The normalized spacial score (nSPS) is 13.8. The molecule has 0 radical (unpaired) electrons. The summed E-state index contributed by atoms with van der Waals surface area (Å²) in [4.78, 5) is 0. The van der Waals surface area contributed by atoms with E-state index in [1.165, 1.54) is 0 Å². The van der Waals surface area contributed by atoms with Crippen LogP contribution in [0.2, 0.25) is 0 Å². The second-order valence-corrected chi connectivity index (χ2v) is 3.57. The molecule has 0 aliphatic rings. The number of hydrogen-bond acceptors (Lipinski definition) is 1. The van der Waals surface area contributed by atoms with E-state index in [2.05, 4.69) is 5.32 Å². The van der Waals surface area contributed by atoms with Crippen LogP contribution in [0.1, 0.15) is 24.9 Å². The van der Waals surface area contributed by atoms with Crippen molar-refractivity contribution in [3.05, 3.63) is 35.4 Å². The van der Waals surface area contributed by atoms with Crippen LogP contribution < -0.4 is 5.32 Å². The standard InChI is InChI=1S/C11H12F5N/c1-2-6-17-10(11(14,15)16)7-4-3-5-8(12)9(7)13/h3-5,10,17H,2,6H2,1H3. The first-order valence-electron chi connectivity index (χ1n) is 5.12. The zero-order valence-electron chi connectivity index (χ0n) is 9.11. The molecule has 6 heteroatoms. The highest BCUT2D eigenvalue weighted by Gasteiger charge is 2.42. The van der Waals surface area contributed by atoms with Crippen molar-refractivity contribution in [1.29, 1.82) is 0 Å². The molecule has 1 rings (SSSR count). The van der Waals surface area contributed by atoms with Crippen LogP contribution in [0.15, 0.2) is 18.2 Å². The number of rotatable bonds is 4. The molecule has 0 heterocycles. The molecular weight excluding hydrogens is 241 g/mol. The Bertz CT molecular complexity index is 375. The summed E-state index contributed by atoms with van der Waals surface area (Å²) in [5.41, 5.74) is -0.717. The number of hydrogen-bond donors (Lipinski definition) is 1. The van der Waals surface area contributed by atoms with Crippen molar-refractivity contribution in [2.45, 2.75) is 25.6 Å². The molecule has 1 unspecified atom stereocenters. The van der Waals surface area contributed by atoms with Gasteiger partial charge in [-0.1, -0.05) is 19.1 Å². The lowest BCUT2D eigenvalue weighted by molar-refractivity contribution is -0.158. The van der Waals surface area contributed by atoms with E-state index in [4.69, 9.17) is 0 Å². The molecule has 1 aromatic carbocycles. The highest BCUT2D eigenvalue weighted by molar-refractivity contribution is 5.23. The largest absolute Gasteiger partial charge is 0.408 e. The maximum absolute atomic E-state index is 13.3. The molecule has 0 amide bonds. The predicted molar refractivity (Wildman–Crippen MR) is 53.4 cm³/mol. The van der Waals surface area contributed by atoms with Gasteiger partial charge in [0.15, 0.2) is 11.6 Å². The van der Waals surface area contributed by atoms with E-state index in [0.29, 0.717) is 6.42 Å². The molecular formula is C11H12F5N. The van der Waals surface area contributed by atoms with Gasteiger partial charge in [-0.05, 0) is 19.0 Å². The van der Waals surface area contributed by atoms with Crippen LogP contribution in [0.3, 0.4) is 0 Å². The highest BCUT2D eigenvalue weighted by Crippen LogP contribution is 2.34. The molecule has 0 aliphatic carbocycles. The average molecular weight is 253 g/mol. The first-order chi connectivity index (χ1) is 7.88. The zero-order chi connectivity index (χ0) is 13.1. The van der Waals surface area contributed by atoms with E-state index in [0.717, 1.165) is 18.2 Å². The second-order valence-electron chi connectivity index (χ2n) is 3.57. The van der Waals surface area contributed by atoms with Crippen LogP contribution in [-0.4, -0.2) is 12.7 Å². The van der Waals surface area contributed by atoms with Crippen molar-refractivity contribution in [3.8, 4) is 0 Å². The maximum atomic E-state index is 13.3. The predicted octanol–water partition coefficient (Wildman–Crippen LogP) is 3.57. The number of alkyl halides is 3. The second kappa shape index (κ2) is 5.44. The molecule has 0 bridgehead atoms. The van der Waals surface area contributed by atoms with E-state index in [1.54, 1.807) is 6.92 Å². The average Bonchev–Trinajstić information content (AvgIpc) is 2.22. The summed E-state index contributed by atoms with van der Waals surface area (Å²) in [6.45, 7) is 1.75. The van der Waals surface area contributed by atoms with Crippen molar-refractivity contribution in [2.24, 2.45) is 0 Å². The third-order valence-electron chi connectivity index (χ3n) is 2.22. The van der Waals surface area contributed by atoms with Gasteiger partial charge >= 0.3 is 6.18 Å². The summed E-state index contributed by atoms with van der Waals surface area (Å²) >= 11 is 0. The van der Waals surface area contributed by atoms with Gasteiger partial charge in [0.1, 0.15) is 6.04 Å². The minimum Gasteiger partial charge on any atom is -0.302 e. The van der Waals surface area contributed by atoms with E-state index in [-0.39, 0.29) is 6.54 Å².